The van der Waals surface area contributed by atoms with E-state index in [2.05, 4.69) is 46.1 Å². The van der Waals surface area contributed by atoms with Crippen LogP contribution in [-0.2, 0) is 29.4 Å². The van der Waals surface area contributed by atoms with Crippen LogP contribution in [0, 0.1) is 12.8 Å². The summed E-state index contributed by atoms with van der Waals surface area (Å²) in [5.41, 5.74) is 5.30. The van der Waals surface area contributed by atoms with Crippen LogP contribution in [-0.4, -0.2) is 38.4 Å². The van der Waals surface area contributed by atoms with E-state index in [1.165, 1.54) is 5.56 Å². The Balaban J connectivity index is 1.29. The smallest absolute Gasteiger partial charge is 0.255 e. The summed E-state index contributed by atoms with van der Waals surface area (Å²) in [7, 11) is -3.68. The van der Waals surface area contributed by atoms with Gasteiger partial charge in [-0.3, -0.25) is 9.69 Å². The maximum atomic E-state index is 13.6. The van der Waals surface area contributed by atoms with Crippen molar-refractivity contribution < 1.29 is 13.2 Å². The Morgan fingerprint density at radius 1 is 0.973 bits per heavy atom. The van der Waals surface area contributed by atoms with Crippen LogP contribution >= 0.6 is 0 Å². The number of carbonyl (C=O) groups is 1. The molecule has 1 aliphatic carbocycles. The number of hydrogen-bond donors (Lipinski definition) is 2. The number of piperidine rings is 1. The predicted molar refractivity (Wildman–Crippen MR) is 147 cm³/mol. The second-order valence-corrected chi connectivity index (χ2v) is 12.1. The van der Waals surface area contributed by atoms with Crippen LogP contribution in [0.5, 0.6) is 0 Å². The molecule has 194 valence electrons. The molecule has 5 rings (SSSR count). The van der Waals surface area contributed by atoms with Crippen LogP contribution in [0.15, 0.2) is 71.6 Å². The number of likely N-dealkylation sites (tertiary alicyclic amines) is 1. The van der Waals surface area contributed by atoms with E-state index in [9.17, 15) is 13.2 Å². The number of amides is 1. The summed E-state index contributed by atoms with van der Waals surface area (Å²) >= 11 is 0. The molecule has 1 fully saturated rings. The summed E-state index contributed by atoms with van der Waals surface area (Å²) in [5, 5.41) is 3.03. The molecule has 6 nitrogen and oxygen atoms in total. The van der Waals surface area contributed by atoms with Crippen LogP contribution in [0.1, 0.15) is 52.4 Å². The lowest BCUT2D eigenvalue weighted by molar-refractivity contribution is 0.102. The molecular formula is C30H35N3O3S. The molecule has 0 radical (unpaired) electrons. The molecule has 3 aromatic carbocycles. The molecule has 0 spiro atoms. The molecule has 3 aromatic rings. The Bertz CT molecular complexity index is 1390. The van der Waals surface area contributed by atoms with Gasteiger partial charge in [-0.25, -0.2) is 13.1 Å². The summed E-state index contributed by atoms with van der Waals surface area (Å²) in [6, 6.07) is 21.2. The number of sulfonamides is 1. The quantitative estimate of drug-likeness (QED) is 0.466. The standard InChI is InChI=1S/C30H35N3O3S/c1-21-9-6-7-12-24(21)30(34)31-28-15-16-29(26-14-8-13-25(26)28)37(35,36)32-27-17-18-33(19-22(27)2)20-23-10-4-3-5-11-23/h3-7,9-12,15-16,22,27,32H,8,13-14,17-20H2,1-2H3,(H,31,34)/t22-,27+/m0/s1. The van der Waals surface area contributed by atoms with Crippen molar-refractivity contribution in [3.63, 3.8) is 0 Å². The van der Waals surface area contributed by atoms with E-state index in [-0.39, 0.29) is 17.9 Å². The zero-order valence-electron chi connectivity index (χ0n) is 21.5. The average molecular weight is 518 g/mol. The fraction of sp³-hybridized carbons (Fsp3) is 0.367. The van der Waals surface area contributed by atoms with Gasteiger partial charge in [0.05, 0.1) is 4.90 Å². The van der Waals surface area contributed by atoms with E-state index in [0.717, 1.165) is 55.6 Å². The Morgan fingerprint density at radius 2 is 1.70 bits per heavy atom. The van der Waals surface area contributed by atoms with Gasteiger partial charge in [-0.05, 0) is 79.0 Å². The SMILES string of the molecule is Cc1ccccc1C(=O)Nc1ccc(S(=O)(=O)N[C@@H]2CCN(Cc3ccccc3)C[C@@H]2C)c2c1CCC2. The highest BCUT2D eigenvalue weighted by molar-refractivity contribution is 7.89. The van der Waals surface area contributed by atoms with Crippen molar-refractivity contribution in [2.45, 2.75) is 57.0 Å². The van der Waals surface area contributed by atoms with Crippen LogP contribution in [0.2, 0.25) is 0 Å². The monoisotopic (exact) mass is 517 g/mol. The van der Waals surface area contributed by atoms with Crippen molar-refractivity contribution in [1.82, 2.24) is 9.62 Å². The fourth-order valence-electron chi connectivity index (χ4n) is 5.71. The topological polar surface area (TPSA) is 78.5 Å². The van der Waals surface area contributed by atoms with Gasteiger partial charge in [0.2, 0.25) is 10.0 Å². The van der Waals surface area contributed by atoms with Crippen LogP contribution in [0.3, 0.4) is 0 Å². The maximum absolute atomic E-state index is 13.6. The van der Waals surface area contributed by atoms with E-state index < -0.39 is 10.0 Å². The van der Waals surface area contributed by atoms with E-state index >= 15 is 0 Å². The zero-order chi connectivity index (χ0) is 26.0. The van der Waals surface area contributed by atoms with Gasteiger partial charge in [-0.1, -0.05) is 55.5 Å². The highest BCUT2D eigenvalue weighted by Crippen LogP contribution is 2.35. The van der Waals surface area contributed by atoms with Crippen molar-refractivity contribution in [3.05, 3.63) is 94.5 Å². The number of hydrogen-bond acceptors (Lipinski definition) is 4. The third-order valence-corrected chi connectivity index (χ3v) is 9.29. The Kier molecular flexibility index (Phi) is 7.47. The van der Waals surface area contributed by atoms with Gasteiger partial charge in [0, 0.05) is 36.9 Å². The Labute approximate surface area is 220 Å². The number of aryl methyl sites for hydroxylation is 1. The van der Waals surface area contributed by atoms with E-state index in [1.807, 2.05) is 31.2 Å². The number of nitrogens with one attached hydrogen (secondary N) is 2. The van der Waals surface area contributed by atoms with Crippen molar-refractivity contribution in [1.29, 1.82) is 0 Å². The summed E-state index contributed by atoms with van der Waals surface area (Å²) in [6.07, 6.45) is 3.12. The molecule has 1 heterocycles. The third kappa shape index (κ3) is 5.64. The van der Waals surface area contributed by atoms with Crippen molar-refractivity contribution in [2.24, 2.45) is 5.92 Å². The minimum atomic E-state index is -3.68. The first-order chi connectivity index (χ1) is 17.8. The van der Waals surface area contributed by atoms with Gasteiger partial charge < -0.3 is 5.32 Å². The van der Waals surface area contributed by atoms with Crippen molar-refractivity contribution >= 4 is 21.6 Å². The van der Waals surface area contributed by atoms with Crippen molar-refractivity contribution in [2.75, 3.05) is 18.4 Å². The minimum Gasteiger partial charge on any atom is -0.322 e. The number of nitrogens with zero attached hydrogens (tertiary/aromatic N) is 1. The van der Waals surface area contributed by atoms with Gasteiger partial charge in [0.1, 0.15) is 0 Å². The van der Waals surface area contributed by atoms with E-state index in [0.29, 0.717) is 22.6 Å². The molecule has 2 atom stereocenters. The number of carbonyl (C=O) groups excluding carboxylic acids is 1. The molecule has 1 aliphatic heterocycles. The normalized spacial score (nSPS) is 19.9. The molecule has 1 amide bonds. The van der Waals surface area contributed by atoms with Gasteiger partial charge in [-0.2, -0.15) is 0 Å². The minimum absolute atomic E-state index is 0.102. The molecule has 1 saturated heterocycles. The zero-order valence-corrected chi connectivity index (χ0v) is 22.4. The third-order valence-electron chi connectivity index (χ3n) is 7.71. The first-order valence-corrected chi connectivity index (χ1v) is 14.6. The molecule has 0 bridgehead atoms. The number of anilines is 1. The second-order valence-electron chi connectivity index (χ2n) is 10.4. The van der Waals surface area contributed by atoms with E-state index in [1.54, 1.807) is 18.2 Å². The second kappa shape index (κ2) is 10.8. The lowest BCUT2D eigenvalue weighted by atomic mass is 9.94. The van der Waals surface area contributed by atoms with E-state index in [4.69, 9.17) is 0 Å². The summed E-state index contributed by atoms with van der Waals surface area (Å²) in [5.74, 6) is 0.0324. The lowest BCUT2D eigenvalue weighted by Crippen LogP contribution is -2.49. The maximum Gasteiger partial charge on any atom is 0.255 e. The lowest BCUT2D eigenvalue weighted by Gasteiger charge is -2.37. The summed E-state index contributed by atoms with van der Waals surface area (Å²) in [4.78, 5) is 15.7. The van der Waals surface area contributed by atoms with Gasteiger partial charge in [0.25, 0.3) is 5.91 Å². The Hall–Kier alpha value is -3.00. The molecule has 2 aliphatic rings. The summed E-state index contributed by atoms with van der Waals surface area (Å²) in [6.45, 7) is 6.62. The van der Waals surface area contributed by atoms with Crippen molar-refractivity contribution in [3.8, 4) is 0 Å². The van der Waals surface area contributed by atoms with Gasteiger partial charge >= 0.3 is 0 Å². The first kappa shape index (κ1) is 25.6. The van der Waals surface area contributed by atoms with Crippen LogP contribution in [0.25, 0.3) is 0 Å². The fourth-order valence-corrected chi connectivity index (χ4v) is 7.39. The molecular weight excluding hydrogens is 482 g/mol. The Morgan fingerprint density at radius 3 is 2.46 bits per heavy atom. The number of fused-ring (bicyclic) bond motifs is 1. The molecule has 0 aromatic heterocycles. The van der Waals surface area contributed by atoms with Gasteiger partial charge in [0.15, 0.2) is 0 Å². The highest BCUT2D eigenvalue weighted by atomic mass is 32.2. The van der Waals surface area contributed by atoms with Crippen LogP contribution < -0.4 is 10.0 Å². The molecule has 7 heteroatoms. The number of rotatable bonds is 7. The molecule has 37 heavy (non-hydrogen) atoms. The summed E-state index contributed by atoms with van der Waals surface area (Å²) < 4.78 is 30.2. The van der Waals surface area contributed by atoms with Gasteiger partial charge in [-0.15, -0.1) is 0 Å². The largest absolute Gasteiger partial charge is 0.322 e. The average Bonchev–Trinajstić information content (AvgIpc) is 3.37. The molecule has 2 N–H and O–H groups in total. The molecule has 0 saturated carbocycles. The number of benzene rings is 3. The predicted octanol–water partition coefficient (Wildman–Crippen LogP) is 4.92. The molecule has 0 unspecified atom stereocenters. The van der Waals surface area contributed by atoms with Crippen LogP contribution in [0.4, 0.5) is 5.69 Å². The first-order valence-electron chi connectivity index (χ1n) is 13.1. The highest BCUT2D eigenvalue weighted by Gasteiger charge is 2.32.